The molecule has 670 valence electrons. The molecule has 15 aromatic rings. The first-order valence-corrected chi connectivity index (χ1v) is 46.9. The highest BCUT2D eigenvalue weighted by Gasteiger charge is 2.37. The number of likely N-dealkylation sites (N-methyl/N-ethyl adjacent to an activating group) is 5. The Bertz CT molecular complexity index is 6950. The molecular weight excluding hydrogens is 1600 g/mol. The third kappa shape index (κ3) is 18.5. The Labute approximate surface area is 768 Å². The van der Waals surface area contributed by atoms with Crippen molar-refractivity contribution < 1.29 is 5.11 Å². The summed E-state index contributed by atoms with van der Waals surface area (Å²) in [6.45, 7) is 41.2. The monoisotopic (exact) mass is 1730 g/mol. The maximum atomic E-state index is 11.3. The number of aromatic nitrogens is 10. The van der Waals surface area contributed by atoms with Crippen molar-refractivity contribution in [3.05, 3.63) is 328 Å². The van der Waals surface area contributed by atoms with Gasteiger partial charge in [0.1, 0.15) is 5.60 Å². The maximum absolute atomic E-state index is 11.3. The molecule has 1 unspecified atom stereocenters. The van der Waals surface area contributed by atoms with E-state index in [9.17, 15) is 9.90 Å². The molecule has 15 heterocycles. The fraction of sp³-hybridized carbons (Fsp3) is 0.354. The Morgan fingerprint density at radius 1 is 0.469 bits per heavy atom. The van der Waals surface area contributed by atoms with Crippen molar-refractivity contribution >= 4 is 101 Å². The zero-order chi connectivity index (χ0) is 91.3. The number of benzene rings is 5. The highest BCUT2D eigenvalue weighted by atomic mass is 16.3. The topological polar surface area (TPSA) is 146 Å². The van der Waals surface area contributed by atoms with E-state index < -0.39 is 5.60 Å². The second-order valence-electron chi connectivity index (χ2n) is 39.1. The summed E-state index contributed by atoms with van der Waals surface area (Å²) >= 11 is 0. The van der Waals surface area contributed by atoms with Crippen LogP contribution in [0.3, 0.4) is 0 Å². The summed E-state index contributed by atoms with van der Waals surface area (Å²) in [6.07, 6.45) is 28.9. The van der Waals surface area contributed by atoms with Crippen LogP contribution >= 0.6 is 0 Å². The van der Waals surface area contributed by atoms with Gasteiger partial charge in [-0.2, -0.15) is 0 Å². The number of H-pyrrole nitrogens is 1. The van der Waals surface area contributed by atoms with Gasteiger partial charge in [-0.25, -0.2) is 0 Å². The van der Waals surface area contributed by atoms with Gasteiger partial charge in [0.25, 0.3) is 0 Å². The van der Waals surface area contributed by atoms with Gasteiger partial charge in [0.15, 0.2) is 0 Å². The lowest BCUT2D eigenvalue weighted by molar-refractivity contribution is 0.0381. The van der Waals surface area contributed by atoms with Crippen LogP contribution < -0.4 is 5.56 Å². The van der Waals surface area contributed by atoms with Crippen LogP contribution in [-0.4, -0.2) is 145 Å². The zero-order valence-corrected chi connectivity index (χ0v) is 80.2. The molecule has 17 heteroatoms. The van der Waals surface area contributed by atoms with Crippen LogP contribution in [-0.2, 0) is 82.4 Å². The second-order valence-corrected chi connectivity index (χ2v) is 39.1. The molecule has 17 nitrogen and oxygen atoms in total. The van der Waals surface area contributed by atoms with Crippen LogP contribution in [0.5, 0.6) is 0 Å². The molecule has 0 saturated carbocycles. The quantitative estimate of drug-likeness (QED) is 0.121. The van der Waals surface area contributed by atoms with Gasteiger partial charge in [-0.15, -0.1) is 0 Å². The Morgan fingerprint density at radius 3 is 1.49 bits per heavy atom. The molecular formula is C113H131N15O2. The normalized spacial score (nSPS) is 16.7. The summed E-state index contributed by atoms with van der Waals surface area (Å²) in [4.78, 5) is 43.6. The van der Waals surface area contributed by atoms with Crippen LogP contribution in [0, 0.1) is 48.5 Å². The Hall–Kier alpha value is -11.9. The van der Waals surface area contributed by atoms with Crippen LogP contribution in [0.15, 0.2) is 194 Å². The van der Waals surface area contributed by atoms with E-state index in [4.69, 9.17) is 0 Å². The van der Waals surface area contributed by atoms with E-state index in [2.05, 4.69) is 356 Å². The number of nitrogens with zero attached hydrogens (tertiary/aromatic N) is 14. The van der Waals surface area contributed by atoms with Gasteiger partial charge < -0.3 is 57.4 Å². The fourth-order valence-electron chi connectivity index (χ4n) is 21.2. The van der Waals surface area contributed by atoms with E-state index in [0.717, 1.165) is 122 Å². The molecule has 130 heavy (non-hydrogen) atoms. The van der Waals surface area contributed by atoms with Gasteiger partial charge in [-0.3, -0.25) is 24.7 Å². The summed E-state index contributed by atoms with van der Waals surface area (Å²) in [7, 11) is 11.0. The van der Waals surface area contributed by atoms with Crippen LogP contribution in [0.25, 0.3) is 101 Å². The number of aryl methyl sites for hydroxylation is 8. The van der Waals surface area contributed by atoms with Crippen molar-refractivity contribution in [2.75, 3.05) is 68.0 Å². The molecule has 21 rings (SSSR count). The minimum atomic E-state index is -1.07. The molecule has 0 amide bonds. The molecule has 0 saturated heterocycles. The first-order chi connectivity index (χ1) is 62.4. The van der Waals surface area contributed by atoms with E-state index in [-0.39, 0.29) is 11.0 Å². The standard InChI is InChI=1S/C24H27N3.2C23H27N3.C22H25N3.C21H25N3O2/c1-16-7-10-23-20(13-16)21-15-26(3)12-11-24(21)27(23)22-6-4-5-19(22)18-9-8-17(2)25-14-18;1-16-6-7-21-19(12-16)20-14-25(5)15-23(3,4)22(20)26(21)13-17(2)18-8-10-24-11-9-18;1-5-19-8-7-18(13-24-19)17(3)14-26-22-9-6-16(2)12-20(22)21-15-25(4)11-10-23(21)26;1-15-5-6-21-18(11-15)20-14-24(4)10-8-22(20)25(21)13-17(3)19-12-23-9-7-16(19)2;1-14-4-6-18-16(10-14)17-12-23(3)9-8-19(17)24(18)13-21(2,26)15-5-7-20(25)22-11-15/h7-10,13-14H,4-6,11-12,15H2,1-3H3;6-13H,14-15H2,1-5H3;6-9,12-14H,5,10-11,15H2,1-4H3;5-7,9,11-13H,8,10,14H2,1-4H3;4-7,10-11,26H,8-9,12-13H2,1-3H3,(H,22,25)/b;17-13+;17-14+;17-13+;. The number of nitrogens with one attached hydrogen (secondary N) is 1. The van der Waals surface area contributed by atoms with Crippen molar-refractivity contribution in [2.45, 2.75) is 199 Å². The van der Waals surface area contributed by atoms with E-state index in [1.54, 1.807) is 12.3 Å². The van der Waals surface area contributed by atoms with Crippen LogP contribution in [0.1, 0.15) is 197 Å². The van der Waals surface area contributed by atoms with E-state index in [0.29, 0.717) is 12.1 Å². The predicted octanol–water partition coefficient (Wildman–Crippen LogP) is 22.4. The molecule has 10 aromatic heterocycles. The first kappa shape index (κ1) is 90.0. The molecule has 1 aliphatic carbocycles. The van der Waals surface area contributed by atoms with E-state index in [1.165, 1.54) is 207 Å². The van der Waals surface area contributed by atoms with Crippen molar-refractivity contribution in [1.82, 2.24) is 72.3 Å². The smallest absolute Gasteiger partial charge is 0.247 e. The number of fused-ring (bicyclic) bond motifs is 15. The largest absolute Gasteiger partial charge is 0.384 e. The summed E-state index contributed by atoms with van der Waals surface area (Å²) in [5.74, 6) is 0. The van der Waals surface area contributed by atoms with Gasteiger partial charge in [-0.05, 0) is 307 Å². The van der Waals surface area contributed by atoms with Gasteiger partial charge in [0, 0.05) is 254 Å². The SMILES string of the molecule is C/C(=C\n1c2c(c3cc(C)ccc31)CN(C)CC2(C)C)c1ccncc1.C/C(=C\n1c2c(c3cc(C)ccc31)CN(C)CC2)c1cnccc1C.CCc1ccc(/C(C)=C/n2c3c(c4cc(C)ccc42)CN(C)CC3)cn1.Cc1ccc2c(c1)c1c(n2C2=C(c3ccc(C)nc3)CCC2)CCN(C)C1.Cc1ccc2c(c1)c1c(n2CC(C)(O)c2ccc(=O)[nH]c2)CCN(C)C1. The molecule has 0 spiro atoms. The molecule has 2 N–H and O–H groups in total. The Kier molecular flexibility index (Phi) is 26.0. The Morgan fingerprint density at radius 2 is 0.954 bits per heavy atom. The third-order valence-corrected chi connectivity index (χ3v) is 28.0. The summed E-state index contributed by atoms with van der Waals surface area (Å²) in [5.41, 5.74) is 42.3. The van der Waals surface area contributed by atoms with Gasteiger partial charge >= 0.3 is 0 Å². The summed E-state index contributed by atoms with van der Waals surface area (Å²) in [6, 6.07) is 52.1. The lowest BCUT2D eigenvalue weighted by Gasteiger charge is -2.37. The van der Waals surface area contributed by atoms with E-state index in [1.807, 2.05) is 37.9 Å². The first-order valence-electron chi connectivity index (χ1n) is 46.9. The van der Waals surface area contributed by atoms with Gasteiger partial charge in [0.2, 0.25) is 5.56 Å². The number of aromatic amines is 1. The van der Waals surface area contributed by atoms with Crippen molar-refractivity contribution in [2.24, 2.45) is 0 Å². The van der Waals surface area contributed by atoms with Crippen LogP contribution in [0.2, 0.25) is 0 Å². The highest BCUT2D eigenvalue weighted by Crippen LogP contribution is 2.45. The lowest BCUT2D eigenvalue weighted by atomic mass is 9.82. The number of rotatable bonds is 12. The Balaban J connectivity index is 0.000000114. The number of pyridine rings is 5. The van der Waals surface area contributed by atoms with Gasteiger partial charge in [-0.1, -0.05) is 91.1 Å². The average molecular weight is 1730 g/mol. The molecule has 0 fully saturated rings. The molecule has 6 aliphatic rings. The van der Waals surface area contributed by atoms with Crippen molar-refractivity contribution in [3.63, 3.8) is 0 Å². The molecule has 1 atom stereocenters. The predicted molar refractivity (Wildman–Crippen MR) is 542 cm³/mol. The summed E-state index contributed by atoms with van der Waals surface area (Å²) in [5, 5.41) is 18.1. The minimum Gasteiger partial charge on any atom is -0.384 e. The summed E-state index contributed by atoms with van der Waals surface area (Å²) < 4.78 is 12.1. The van der Waals surface area contributed by atoms with Crippen molar-refractivity contribution in [1.29, 1.82) is 0 Å². The van der Waals surface area contributed by atoms with Crippen LogP contribution in [0.4, 0.5) is 0 Å². The molecule has 5 aliphatic heterocycles. The van der Waals surface area contributed by atoms with Crippen molar-refractivity contribution in [3.8, 4) is 0 Å². The second kappa shape index (κ2) is 37.5. The zero-order valence-electron chi connectivity index (χ0n) is 80.2. The third-order valence-electron chi connectivity index (χ3n) is 28.0. The average Bonchev–Trinajstić information content (AvgIpc) is 1.60. The fourth-order valence-corrected chi connectivity index (χ4v) is 21.2. The van der Waals surface area contributed by atoms with Gasteiger partial charge in [0.05, 0.1) is 28.6 Å². The minimum absolute atomic E-state index is 0.101. The lowest BCUT2D eigenvalue weighted by Crippen LogP contribution is -2.40. The molecule has 5 aromatic carbocycles. The molecule has 0 radical (unpaired) electrons. The number of aliphatic hydroxyl groups is 1. The number of allylic oxidation sites excluding steroid dienone is 5. The molecule has 0 bridgehead atoms. The highest BCUT2D eigenvalue weighted by molar-refractivity contribution is 5.97. The maximum Gasteiger partial charge on any atom is 0.247 e. The number of hydrogen-bond donors (Lipinski definition) is 2. The number of hydrogen-bond acceptors (Lipinski definition) is 11. The van der Waals surface area contributed by atoms with E-state index >= 15 is 0 Å².